The third-order valence-electron chi connectivity index (χ3n) is 2.07. The predicted octanol–water partition coefficient (Wildman–Crippen LogP) is 0.996. The zero-order valence-corrected chi connectivity index (χ0v) is 14.0. The minimum Gasteiger partial charge on any atom is -1.00 e. The molecule has 18 heavy (non-hydrogen) atoms. The largest absolute Gasteiger partial charge is 2.00 e. The van der Waals surface area contributed by atoms with Crippen LogP contribution < -0.4 is 21.7 Å². The molecular weight excluding hydrogens is 347 g/mol. The number of halogens is 3. The topological polar surface area (TPSA) is 9.23 Å². The van der Waals surface area contributed by atoms with Crippen molar-refractivity contribution in [1.29, 1.82) is 0 Å². The van der Waals surface area contributed by atoms with E-state index in [-0.39, 0.29) is 40.0 Å². The van der Waals surface area contributed by atoms with Crippen LogP contribution in [0.5, 0.6) is 5.75 Å². The van der Waals surface area contributed by atoms with Crippen LogP contribution in [-0.4, -0.2) is 23.1 Å². The SMILES string of the molecule is Clc1cccc(OCc2[c-]cccc2)c1Cl.[Br-].[Mg+2]. The molecule has 0 aliphatic carbocycles. The number of hydrogen-bond acceptors (Lipinski definition) is 1. The fraction of sp³-hybridized carbons (Fsp3) is 0.0769. The van der Waals surface area contributed by atoms with E-state index in [0.29, 0.717) is 22.4 Å². The quantitative estimate of drug-likeness (QED) is 0.589. The van der Waals surface area contributed by atoms with E-state index in [9.17, 15) is 0 Å². The number of benzene rings is 2. The predicted molar refractivity (Wildman–Crippen MR) is 71.8 cm³/mol. The van der Waals surface area contributed by atoms with Gasteiger partial charge >= 0.3 is 23.1 Å². The van der Waals surface area contributed by atoms with Crippen molar-refractivity contribution in [1.82, 2.24) is 0 Å². The minimum absolute atomic E-state index is 0. The van der Waals surface area contributed by atoms with E-state index in [4.69, 9.17) is 27.9 Å². The molecule has 0 fully saturated rings. The maximum Gasteiger partial charge on any atom is 2.00 e. The summed E-state index contributed by atoms with van der Waals surface area (Å²) in [7, 11) is 0. The first kappa shape index (κ1) is 18.1. The summed E-state index contributed by atoms with van der Waals surface area (Å²) in [5.41, 5.74) is 0.971. The van der Waals surface area contributed by atoms with Crippen molar-refractivity contribution in [3.05, 3.63) is 64.1 Å². The van der Waals surface area contributed by atoms with Crippen molar-refractivity contribution in [2.45, 2.75) is 6.61 Å². The molecular formula is C13H9BrCl2MgO. The number of hydrogen-bond donors (Lipinski definition) is 0. The Bertz CT molecular complexity index is 480. The van der Waals surface area contributed by atoms with Crippen LogP contribution in [0.25, 0.3) is 0 Å². The fourth-order valence-corrected chi connectivity index (χ4v) is 1.62. The van der Waals surface area contributed by atoms with E-state index in [1.165, 1.54) is 0 Å². The molecule has 90 valence electrons. The molecule has 0 saturated heterocycles. The summed E-state index contributed by atoms with van der Waals surface area (Å²) >= 11 is 11.9. The van der Waals surface area contributed by atoms with E-state index in [1.54, 1.807) is 18.2 Å². The third-order valence-corrected chi connectivity index (χ3v) is 2.87. The van der Waals surface area contributed by atoms with Crippen molar-refractivity contribution in [2.24, 2.45) is 0 Å². The first-order valence-corrected chi connectivity index (χ1v) is 5.55. The van der Waals surface area contributed by atoms with Gasteiger partial charge in [0.15, 0.2) is 0 Å². The molecule has 0 N–H and O–H groups in total. The fourth-order valence-electron chi connectivity index (χ4n) is 1.27. The number of ether oxygens (including phenoxy) is 1. The summed E-state index contributed by atoms with van der Waals surface area (Å²) < 4.78 is 5.56. The van der Waals surface area contributed by atoms with Gasteiger partial charge in [-0.1, -0.05) is 29.3 Å². The second kappa shape index (κ2) is 9.05. The Labute approximate surface area is 143 Å². The molecule has 0 aliphatic heterocycles. The summed E-state index contributed by atoms with van der Waals surface area (Å²) in [5.74, 6) is 0.589. The minimum atomic E-state index is 0. The van der Waals surface area contributed by atoms with Crippen molar-refractivity contribution in [2.75, 3.05) is 0 Å². The summed E-state index contributed by atoms with van der Waals surface area (Å²) in [6.45, 7) is 0.431. The molecule has 2 aromatic carbocycles. The Morgan fingerprint density at radius 2 is 1.83 bits per heavy atom. The van der Waals surface area contributed by atoms with Crippen LogP contribution in [0.1, 0.15) is 5.56 Å². The van der Waals surface area contributed by atoms with Gasteiger partial charge in [0, 0.05) is 0 Å². The second-order valence-electron chi connectivity index (χ2n) is 3.23. The first-order chi connectivity index (χ1) is 7.77. The van der Waals surface area contributed by atoms with E-state index >= 15 is 0 Å². The molecule has 0 bridgehead atoms. The van der Waals surface area contributed by atoms with Crippen LogP contribution in [0.2, 0.25) is 10.0 Å². The zero-order chi connectivity index (χ0) is 11.4. The average Bonchev–Trinajstić information content (AvgIpc) is 2.32. The second-order valence-corrected chi connectivity index (χ2v) is 4.01. The van der Waals surface area contributed by atoms with Gasteiger partial charge in [-0.2, -0.15) is 30.3 Å². The van der Waals surface area contributed by atoms with Crippen LogP contribution in [0, 0.1) is 6.07 Å². The molecule has 0 unspecified atom stereocenters. The molecule has 2 rings (SSSR count). The summed E-state index contributed by atoms with van der Waals surface area (Å²) in [6.07, 6.45) is 0. The van der Waals surface area contributed by atoms with Crippen LogP contribution in [-0.2, 0) is 6.61 Å². The van der Waals surface area contributed by atoms with Gasteiger partial charge in [-0.15, -0.1) is 5.56 Å². The van der Waals surface area contributed by atoms with E-state index < -0.39 is 0 Å². The molecule has 1 nitrogen and oxygen atoms in total. The molecule has 0 saturated carbocycles. The Hall–Kier alpha value is 0.0662. The van der Waals surface area contributed by atoms with Gasteiger partial charge in [0.05, 0.1) is 11.6 Å². The molecule has 2 aromatic rings. The molecule has 0 radical (unpaired) electrons. The van der Waals surface area contributed by atoms with Crippen LogP contribution >= 0.6 is 23.2 Å². The zero-order valence-electron chi connectivity index (χ0n) is 9.50. The van der Waals surface area contributed by atoms with Crippen molar-refractivity contribution < 1.29 is 21.7 Å². The maximum atomic E-state index is 5.99. The van der Waals surface area contributed by atoms with Gasteiger partial charge in [0.2, 0.25) is 0 Å². The van der Waals surface area contributed by atoms with Gasteiger partial charge in [-0.05, 0) is 12.1 Å². The first-order valence-electron chi connectivity index (χ1n) is 4.80. The standard InChI is InChI=1S/C13H9Cl2O.BrH.Mg/c14-11-7-4-8-12(13(11)15)16-9-10-5-2-1-3-6-10;;/h1-5,7-8H,9H2;1H;/q-1;;+2/p-1. The van der Waals surface area contributed by atoms with E-state index in [2.05, 4.69) is 6.07 Å². The average molecular weight is 356 g/mol. The van der Waals surface area contributed by atoms with Crippen molar-refractivity contribution in [3.63, 3.8) is 0 Å². The summed E-state index contributed by atoms with van der Waals surface area (Å²) in [6, 6.07) is 16.0. The van der Waals surface area contributed by atoms with Gasteiger partial charge in [0.1, 0.15) is 10.8 Å². The van der Waals surface area contributed by atoms with Gasteiger partial charge < -0.3 is 21.7 Å². The molecule has 0 aromatic heterocycles. The van der Waals surface area contributed by atoms with E-state index in [1.807, 2.05) is 24.3 Å². The van der Waals surface area contributed by atoms with Crippen molar-refractivity contribution >= 4 is 46.3 Å². The Kier molecular flexibility index (Phi) is 9.08. The summed E-state index contributed by atoms with van der Waals surface area (Å²) in [4.78, 5) is 0. The Morgan fingerprint density at radius 3 is 2.50 bits per heavy atom. The van der Waals surface area contributed by atoms with Crippen LogP contribution in [0.15, 0.2) is 42.5 Å². The van der Waals surface area contributed by atoms with Crippen molar-refractivity contribution in [3.8, 4) is 5.75 Å². The van der Waals surface area contributed by atoms with Gasteiger partial charge in [-0.25, -0.2) is 0 Å². The monoisotopic (exact) mass is 354 g/mol. The molecule has 0 spiro atoms. The molecule has 0 heterocycles. The Morgan fingerprint density at radius 1 is 1.06 bits per heavy atom. The molecule has 0 atom stereocenters. The summed E-state index contributed by atoms with van der Waals surface area (Å²) in [5, 5.41) is 0.941. The smallest absolute Gasteiger partial charge is 1.00 e. The van der Waals surface area contributed by atoms with Crippen LogP contribution in [0.3, 0.4) is 0 Å². The number of rotatable bonds is 3. The maximum absolute atomic E-state index is 5.99. The molecule has 5 heteroatoms. The van der Waals surface area contributed by atoms with Gasteiger partial charge in [0.25, 0.3) is 0 Å². The van der Waals surface area contributed by atoms with Gasteiger partial charge in [-0.3, -0.25) is 0 Å². The molecule has 0 amide bonds. The van der Waals surface area contributed by atoms with Crippen LogP contribution in [0.4, 0.5) is 0 Å². The normalized spacial score (nSPS) is 9.00. The molecule has 0 aliphatic rings. The van der Waals surface area contributed by atoms with E-state index in [0.717, 1.165) is 5.56 Å². The third kappa shape index (κ3) is 4.98. The Balaban J connectivity index is 0.00000144.